The van der Waals surface area contributed by atoms with Crippen LogP contribution in [0.3, 0.4) is 0 Å². The Kier molecular flexibility index (Phi) is 24.4. The highest BCUT2D eigenvalue weighted by atomic mass is 16.5. The summed E-state index contributed by atoms with van der Waals surface area (Å²) in [7, 11) is 0. The van der Waals surface area contributed by atoms with Crippen molar-refractivity contribution in [2.45, 2.75) is 67.4 Å². The van der Waals surface area contributed by atoms with Crippen LogP contribution in [-0.4, -0.2) is 17.0 Å². The van der Waals surface area contributed by atoms with E-state index in [9.17, 15) is 5.11 Å². The zero-order valence-corrected chi connectivity index (χ0v) is 57.6. The Morgan fingerprint density at radius 1 is 0.566 bits per heavy atom. The Hall–Kier alpha value is -12.0. The smallest absolute Gasteiger partial charge is 0.195 e. The molecule has 0 bridgehead atoms. The van der Waals surface area contributed by atoms with Crippen LogP contribution in [0.1, 0.15) is 111 Å². The maximum Gasteiger partial charge on any atom is 0.195 e. The molecule has 0 heterocycles. The minimum atomic E-state index is -0.852. The molecule has 0 radical (unpaired) electrons. The van der Waals surface area contributed by atoms with E-state index in [0.29, 0.717) is 35.5 Å². The lowest BCUT2D eigenvalue weighted by Crippen LogP contribution is -2.15. The van der Waals surface area contributed by atoms with Crippen LogP contribution in [0.2, 0.25) is 0 Å². The van der Waals surface area contributed by atoms with E-state index >= 15 is 4.79 Å². The topological polar surface area (TPSA) is 46.5 Å². The molecular weight excluding hydrogens is 1200 g/mol. The molecule has 0 amide bonds. The van der Waals surface area contributed by atoms with E-state index in [2.05, 4.69) is 153 Å². The lowest BCUT2D eigenvalue weighted by Gasteiger charge is -2.28. The summed E-state index contributed by atoms with van der Waals surface area (Å²) in [5.74, 6) is 27.9. The molecule has 0 aromatic heterocycles. The van der Waals surface area contributed by atoms with Gasteiger partial charge in [0.2, 0.25) is 0 Å². The van der Waals surface area contributed by atoms with Gasteiger partial charge < -0.3 is 9.84 Å². The van der Waals surface area contributed by atoms with Gasteiger partial charge >= 0.3 is 0 Å². The van der Waals surface area contributed by atoms with Crippen molar-refractivity contribution in [1.82, 2.24) is 0 Å². The Morgan fingerprint density at radius 3 is 1.57 bits per heavy atom. The van der Waals surface area contributed by atoms with E-state index in [4.69, 9.17) is 4.74 Å². The van der Waals surface area contributed by atoms with Crippen molar-refractivity contribution < 1.29 is 14.6 Å². The Balaban J connectivity index is 0.00000206. The average Bonchev–Trinajstić information content (AvgIpc) is 1.73. The van der Waals surface area contributed by atoms with Crippen LogP contribution in [0.4, 0.5) is 0 Å². The standard InChI is InChI=1S/C91H70O3.C3H6.C2H6/c1-6-21-73(46-39-68-26-16-10-17-27-68)65(5)82-61-79(45-33-64(82)4)83-62-85(92)89(74-31-20-30-69(40-47-74)34-32-63(3)7-2)86(83)75-52-56-80(57-53-75)94-81-58-54-76(55-59-81)87-84(60-72-28-18-11-19-29-72)88(77-48-41-70(42-49-77)37-35-66-22-12-8-13-23-66)91(93)90(87)78-50-43-71(44-51-78)38-36-67-24-14-9-15-25-67;1-3-2;1-2/h6-30,33,40-45,47-59,61-62,64-65,79,85,92H,1,31,60H2,2-5H3;3H,1H2,2H3;1-2H3/b63-7+,73-21-;;. The number of carbonyl (C=O) groups is 1. The molecular formula is C96H82O3. The normalized spacial score (nSPS) is 16.5. The number of allylic oxidation sites excluding steroid dienone is 21. The predicted molar refractivity (Wildman–Crippen MR) is 416 cm³/mol. The number of ether oxygens (including phenoxy) is 1. The Bertz CT molecular complexity index is 4890. The minimum absolute atomic E-state index is 0.00904. The number of rotatable bonds is 13. The summed E-state index contributed by atoms with van der Waals surface area (Å²) in [5, 5.41) is 12.3. The molecule has 1 N–H and O–H groups in total. The van der Waals surface area contributed by atoms with Crippen LogP contribution in [-0.2, 0) is 11.2 Å². The second-order valence-electron chi connectivity index (χ2n) is 24.1. The first-order valence-corrected chi connectivity index (χ1v) is 34.0. The molecule has 484 valence electrons. The third kappa shape index (κ3) is 17.8. The van der Waals surface area contributed by atoms with Crippen molar-refractivity contribution in [3.8, 4) is 58.9 Å². The van der Waals surface area contributed by atoms with Crippen molar-refractivity contribution >= 4 is 28.1 Å². The van der Waals surface area contributed by atoms with Gasteiger partial charge in [0, 0.05) is 61.9 Å². The highest BCUT2D eigenvalue weighted by Gasteiger charge is 2.36. The van der Waals surface area contributed by atoms with Gasteiger partial charge in [0.15, 0.2) is 5.78 Å². The first kappa shape index (κ1) is 69.9. The first-order valence-electron chi connectivity index (χ1n) is 34.0. The SMILES string of the molecule is C=C/C=C(/C#Cc1ccccc1)C(C)C1=CC(C2=CC(O)C(C3=CC=C(C#C/C(C)=C/C)C=CC3)=C2c2ccc(Oc3ccc(C4=C(c5ccc(C#Cc6ccccc6)cc5)C(=O)C(c5ccc(C#Cc6ccccc6)cc5)=C4Cc4ccccc4)cc3)cc2)C=CC1C.C=CC.CC. The fourth-order valence-electron chi connectivity index (χ4n) is 12.4. The second kappa shape index (κ2) is 34.6. The number of benzene rings is 8. The molecule has 12 rings (SSSR count). The minimum Gasteiger partial charge on any atom is -0.457 e. The molecule has 0 aliphatic heterocycles. The average molecular weight is 1280 g/mol. The molecule has 8 aromatic rings. The molecule has 4 unspecified atom stereocenters. The lowest BCUT2D eigenvalue weighted by molar-refractivity contribution is -0.108. The molecule has 0 spiro atoms. The molecule has 4 aliphatic rings. The van der Waals surface area contributed by atoms with Gasteiger partial charge in [-0.25, -0.2) is 0 Å². The number of aliphatic hydroxyl groups excluding tert-OH is 1. The summed E-state index contributed by atoms with van der Waals surface area (Å²) < 4.78 is 6.72. The van der Waals surface area contributed by atoms with E-state index in [1.165, 1.54) is 5.57 Å². The third-order valence-corrected chi connectivity index (χ3v) is 17.4. The van der Waals surface area contributed by atoms with Gasteiger partial charge in [-0.1, -0.05) is 281 Å². The monoisotopic (exact) mass is 1280 g/mol. The molecule has 99 heavy (non-hydrogen) atoms. The second-order valence-corrected chi connectivity index (χ2v) is 24.1. The zero-order valence-electron chi connectivity index (χ0n) is 57.6. The number of carbonyl (C=O) groups excluding carboxylic acids is 1. The van der Waals surface area contributed by atoms with Crippen molar-refractivity contribution in [2.24, 2.45) is 17.8 Å². The highest BCUT2D eigenvalue weighted by Crippen LogP contribution is 2.49. The van der Waals surface area contributed by atoms with E-state index in [1.54, 1.807) is 6.08 Å². The predicted octanol–water partition coefficient (Wildman–Crippen LogP) is 22.1. The van der Waals surface area contributed by atoms with Gasteiger partial charge in [-0.3, -0.25) is 4.79 Å². The molecule has 0 saturated heterocycles. The summed E-state index contributed by atoms with van der Waals surface area (Å²) in [6.07, 6.45) is 25.2. The summed E-state index contributed by atoms with van der Waals surface area (Å²) in [4.78, 5) is 15.6. The fourth-order valence-corrected chi connectivity index (χ4v) is 12.4. The molecule has 4 atom stereocenters. The van der Waals surface area contributed by atoms with Crippen LogP contribution in [0, 0.1) is 65.1 Å². The van der Waals surface area contributed by atoms with E-state index in [1.807, 2.05) is 241 Å². The fraction of sp³-hybridized carbons (Fsp3) is 0.135. The number of hydrogen-bond acceptors (Lipinski definition) is 3. The maximum atomic E-state index is 15.6. The zero-order chi connectivity index (χ0) is 69.5. The molecule has 3 heteroatoms. The molecule has 0 fully saturated rings. The van der Waals surface area contributed by atoms with Crippen molar-refractivity contribution in [1.29, 1.82) is 0 Å². The maximum absolute atomic E-state index is 15.6. The third-order valence-electron chi connectivity index (χ3n) is 17.4. The van der Waals surface area contributed by atoms with E-state index in [0.717, 1.165) is 106 Å². The summed E-state index contributed by atoms with van der Waals surface area (Å²) in [6.45, 7) is 21.8. The van der Waals surface area contributed by atoms with Crippen LogP contribution < -0.4 is 4.74 Å². The van der Waals surface area contributed by atoms with Gasteiger partial charge in [-0.2, -0.15) is 0 Å². The van der Waals surface area contributed by atoms with Crippen molar-refractivity contribution in [3.63, 3.8) is 0 Å². The van der Waals surface area contributed by atoms with Crippen LogP contribution >= 0.6 is 0 Å². The van der Waals surface area contributed by atoms with Crippen molar-refractivity contribution in [2.75, 3.05) is 0 Å². The summed E-state index contributed by atoms with van der Waals surface area (Å²) in [6, 6.07) is 72.7. The Morgan fingerprint density at radius 2 is 1.04 bits per heavy atom. The Labute approximate surface area is 587 Å². The quantitative estimate of drug-likeness (QED) is 0.0711. The first-order chi connectivity index (χ1) is 48.5. The number of aliphatic hydroxyl groups is 1. The van der Waals surface area contributed by atoms with Gasteiger partial charge in [0.05, 0.1) is 6.10 Å². The van der Waals surface area contributed by atoms with E-state index < -0.39 is 6.10 Å². The summed E-state index contributed by atoms with van der Waals surface area (Å²) in [5.41, 5.74) is 20.3. The van der Waals surface area contributed by atoms with E-state index in [-0.39, 0.29) is 23.5 Å². The highest BCUT2D eigenvalue weighted by molar-refractivity contribution is 6.52. The van der Waals surface area contributed by atoms with Crippen LogP contribution in [0.5, 0.6) is 11.5 Å². The van der Waals surface area contributed by atoms with Crippen LogP contribution in [0.15, 0.2) is 349 Å². The summed E-state index contributed by atoms with van der Waals surface area (Å²) >= 11 is 0. The number of Topliss-reactive ketones (excluding diaryl/α,β-unsaturated/α-hetero) is 1. The van der Waals surface area contributed by atoms with Gasteiger partial charge in [0.25, 0.3) is 0 Å². The number of hydrogen-bond donors (Lipinski definition) is 1. The van der Waals surface area contributed by atoms with Crippen molar-refractivity contribution in [3.05, 3.63) is 405 Å². The van der Waals surface area contributed by atoms with Gasteiger partial charge in [-0.05, 0) is 203 Å². The molecule has 4 aliphatic carbocycles. The number of ketones is 1. The largest absolute Gasteiger partial charge is 0.457 e. The molecule has 3 nitrogen and oxygen atoms in total. The van der Waals surface area contributed by atoms with Gasteiger partial charge in [0.1, 0.15) is 11.5 Å². The molecule has 0 saturated carbocycles. The van der Waals surface area contributed by atoms with Gasteiger partial charge in [-0.15, -0.1) is 6.58 Å². The van der Waals surface area contributed by atoms with Crippen LogP contribution in [0.25, 0.3) is 22.3 Å². The molecule has 8 aromatic carbocycles. The lowest BCUT2D eigenvalue weighted by atomic mass is 9.76.